The molecule has 0 spiro atoms. The Morgan fingerprint density at radius 2 is 2.33 bits per heavy atom. The summed E-state index contributed by atoms with van der Waals surface area (Å²) < 4.78 is 0. The molecule has 0 aromatic carbocycles. The molecule has 62 valence electrons. The molecular weight excluding hydrogens is 152 g/mol. The Bertz CT molecular complexity index is 284. The van der Waals surface area contributed by atoms with Gasteiger partial charge in [0.25, 0.3) is 0 Å². The third-order valence-corrected chi connectivity index (χ3v) is 2.00. The van der Waals surface area contributed by atoms with Gasteiger partial charge < -0.3 is 4.90 Å². The van der Waals surface area contributed by atoms with Gasteiger partial charge in [-0.25, -0.2) is 4.98 Å². The lowest BCUT2D eigenvalue weighted by Gasteiger charge is -2.13. The molecule has 1 aromatic heterocycles. The minimum absolute atomic E-state index is 0.306. The molecule has 1 saturated heterocycles. The number of hydrogen-bond donors (Lipinski definition) is 0. The van der Waals surface area contributed by atoms with E-state index in [4.69, 9.17) is 0 Å². The van der Waals surface area contributed by atoms with Crippen LogP contribution in [-0.4, -0.2) is 23.9 Å². The zero-order valence-corrected chi connectivity index (χ0v) is 6.73. The molecule has 0 saturated carbocycles. The van der Waals surface area contributed by atoms with E-state index >= 15 is 0 Å². The van der Waals surface area contributed by atoms with Crippen LogP contribution in [0.2, 0.25) is 0 Å². The molecule has 3 nitrogen and oxygen atoms in total. The maximum atomic E-state index is 11.0. The van der Waals surface area contributed by atoms with Crippen molar-refractivity contribution in [3.63, 3.8) is 0 Å². The molecular formula is C9H10N2O. The molecule has 1 aromatic rings. The summed E-state index contributed by atoms with van der Waals surface area (Å²) in [5.74, 6) is 1.21. The molecule has 2 heterocycles. The van der Waals surface area contributed by atoms with Gasteiger partial charge in [-0.2, -0.15) is 0 Å². The highest BCUT2D eigenvalue weighted by atomic mass is 16.1. The van der Waals surface area contributed by atoms with Gasteiger partial charge in [-0.3, -0.25) is 4.79 Å². The van der Waals surface area contributed by atoms with Gasteiger partial charge in [-0.05, 0) is 12.1 Å². The Kier molecular flexibility index (Phi) is 1.78. The second-order valence-corrected chi connectivity index (χ2v) is 2.90. The number of carbonyl (C=O) groups excluding carboxylic acids is 1. The Labute approximate surface area is 71.0 Å². The van der Waals surface area contributed by atoms with Crippen LogP contribution in [0.5, 0.6) is 0 Å². The molecule has 0 amide bonds. The number of Topliss-reactive ketones (excluding diaryl/α,β-unsaturated/α-hetero) is 1. The second-order valence-electron chi connectivity index (χ2n) is 2.90. The van der Waals surface area contributed by atoms with Crippen LogP contribution in [0, 0.1) is 0 Å². The lowest BCUT2D eigenvalue weighted by molar-refractivity contribution is -0.116. The lowest BCUT2D eigenvalue weighted by atomic mass is 10.4. The predicted octanol–water partition coefficient (Wildman–Crippen LogP) is 0.861. The van der Waals surface area contributed by atoms with Crippen LogP contribution in [0.1, 0.15) is 6.42 Å². The molecule has 1 aliphatic heterocycles. The fourth-order valence-electron chi connectivity index (χ4n) is 1.37. The highest BCUT2D eigenvalue weighted by molar-refractivity contribution is 5.86. The number of aromatic nitrogens is 1. The molecule has 0 atom stereocenters. The number of rotatable bonds is 1. The molecule has 0 radical (unpaired) electrons. The summed E-state index contributed by atoms with van der Waals surface area (Å²) in [6.07, 6.45) is 2.41. The van der Waals surface area contributed by atoms with Crippen molar-refractivity contribution in [1.82, 2.24) is 4.98 Å². The predicted molar refractivity (Wildman–Crippen MR) is 46.1 cm³/mol. The van der Waals surface area contributed by atoms with Crippen LogP contribution in [0.4, 0.5) is 5.82 Å². The van der Waals surface area contributed by atoms with E-state index in [1.165, 1.54) is 0 Å². The second kappa shape index (κ2) is 2.93. The number of nitrogens with zero attached hydrogens (tertiary/aromatic N) is 2. The molecule has 0 bridgehead atoms. The fourth-order valence-corrected chi connectivity index (χ4v) is 1.37. The van der Waals surface area contributed by atoms with E-state index in [1.807, 2.05) is 23.1 Å². The first-order valence-corrected chi connectivity index (χ1v) is 4.04. The number of hydrogen-bond acceptors (Lipinski definition) is 3. The summed E-state index contributed by atoms with van der Waals surface area (Å²) in [6, 6.07) is 5.74. The van der Waals surface area contributed by atoms with Gasteiger partial charge in [0.1, 0.15) is 5.82 Å². The number of carbonyl (C=O) groups is 1. The summed E-state index contributed by atoms with van der Waals surface area (Å²) >= 11 is 0. The summed E-state index contributed by atoms with van der Waals surface area (Å²) in [6.45, 7) is 1.34. The van der Waals surface area contributed by atoms with E-state index in [1.54, 1.807) is 6.20 Å². The van der Waals surface area contributed by atoms with Crippen molar-refractivity contribution >= 4 is 11.6 Å². The van der Waals surface area contributed by atoms with Crippen molar-refractivity contribution in [3.8, 4) is 0 Å². The third-order valence-electron chi connectivity index (χ3n) is 2.00. The van der Waals surface area contributed by atoms with Crippen LogP contribution in [-0.2, 0) is 4.79 Å². The Morgan fingerprint density at radius 1 is 1.42 bits per heavy atom. The highest BCUT2D eigenvalue weighted by Gasteiger charge is 2.19. The van der Waals surface area contributed by atoms with Crippen molar-refractivity contribution in [3.05, 3.63) is 24.4 Å². The number of ketones is 1. The van der Waals surface area contributed by atoms with Crippen molar-refractivity contribution in [1.29, 1.82) is 0 Å². The topological polar surface area (TPSA) is 33.2 Å². The zero-order chi connectivity index (χ0) is 8.39. The molecule has 3 heteroatoms. The SMILES string of the molecule is O=C1CCN(c2ccccn2)C1. The van der Waals surface area contributed by atoms with Gasteiger partial charge in [0.05, 0.1) is 6.54 Å². The van der Waals surface area contributed by atoms with Gasteiger partial charge in [0.2, 0.25) is 0 Å². The summed E-state index contributed by atoms with van der Waals surface area (Å²) in [5, 5.41) is 0. The van der Waals surface area contributed by atoms with Gasteiger partial charge >= 0.3 is 0 Å². The van der Waals surface area contributed by atoms with Crippen molar-refractivity contribution in [2.75, 3.05) is 18.0 Å². The maximum absolute atomic E-state index is 11.0. The molecule has 0 aliphatic carbocycles. The Balaban J connectivity index is 2.16. The average molecular weight is 162 g/mol. The highest BCUT2D eigenvalue weighted by Crippen LogP contribution is 2.14. The quantitative estimate of drug-likeness (QED) is 0.614. The monoisotopic (exact) mass is 162 g/mol. The van der Waals surface area contributed by atoms with Gasteiger partial charge in [-0.1, -0.05) is 6.07 Å². The van der Waals surface area contributed by atoms with Crippen molar-refractivity contribution in [2.45, 2.75) is 6.42 Å². The summed E-state index contributed by atoms with van der Waals surface area (Å²) in [5.41, 5.74) is 0. The van der Waals surface area contributed by atoms with E-state index in [9.17, 15) is 4.79 Å². The Hall–Kier alpha value is -1.38. The lowest BCUT2D eigenvalue weighted by Crippen LogP contribution is -2.20. The molecule has 1 fully saturated rings. The summed E-state index contributed by atoms with van der Waals surface area (Å²) in [7, 11) is 0. The minimum atomic E-state index is 0.306. The Morgan fingerprint density at radius 3 is 2.92 bits per heavy atom. The van der Waals surface area contributed by atoms with E-state index in [-0.39, 0.29) is 0 Å². The first-order chi connectivity index (χ1) is 5.86. The van der Waals surface area contributed by atoms with Gasteiger partial charge in [-0.15, -0.1) is 0 Å². The number of anilines is 1. The fraction of sp³-hybridized carbons (Fsp3) is 0.333. The zero-order valence-electron chi connectivity index (χ0n) is 6.73. The smallest absolute Gasteiger partial charge is 0.153 e. The normalized spacial score (nSPS) is 17.0. The van der Waals surface area contributed by atoms with Crippen molar-refractivity contribution in [2.24, 2.45) is 0 Å². The van der Waals surface area contributed by atoms with Crippen LogP contribution in [0.25, 0.3) is 0 Å². The molecule has 2 rings (SSSR count). The molecule has 1 aliphatic rings. The van der Waals surface area contributed by atoms with E-state index in [2.05, 4.69) is 4.98 Å². The standard InChI is InChI=1S/C9H10N2O/c12-8-4-6-11(7-8)9-3-1-2-5-10-9/h1-3,5H,4,6-7H2. The van der Waals surface area contributed by atoms with Crippen molar-refractivity contribution < 1.29 is 4.79 Å². The van der Waals surface area contributed by atoms with E-state index in [0.29, 0.717) is 18.7 Å². The average Bonchev–Trinajstić information content (AvgIpc) is 2.54. The van der Waals surface area contributed by atoms with E-state index in [0.717, 1.165) is 12.4 Å². The number of pyridine rings is 1. The first kappa shape index (κ1) is 7.28. The maximum Gasteiger partial charge on any atom is 0.153 e. The summed E-state index contributed by atoms with van der Waals surface area (Å²) in [4.78, 5) is 17.1. The molecule has 12 heavy (non-hydrogen) atoms. The minimum Gasteiger partial charge on any atom is -0.349 e. The van der Waals surface area contributed by atoms with Crippen LogP contribution in [0.15, 0.2) is 24.4 Å². The first-order valence-electron chi connectivity index (χ1n) is 4.04. The molecule has 0 N–H and O–H groups in total. The van der Waals surface area contributed by atoms with Gasteiger partial charge in [0, 0.05) is 19.2 Å². The van der Waals surface area contributed by atoms with E-state index < -0.39 is 0 Å². The largest absolute Gasteiger partial charge is 0.349 e. The van der Waals surface area contributed by atoms with Crippen LogP contribution < -0.4 is 4.90 Å². The van der Waals surface area contributed by atoms with Crippen LogP contribution in [0.3, 0.4) is 0 Å². The van der Waals surface area contributed by atoms with Crippen LogP contribution >= 0.6 is 0 Å². The van der Waals surface area contributed by atoms with Gasteiger partial charge in [0.15, 0.2) is 5.78 Å². The third kappa shape index (κ3) is 1.30. The molecule has 0 unspecified atom stereocenters.